The second-order valence-electron chi connectivity index (χ2n) is 7.08. The van der Waals surface area contributed by atoms with Crippen LogP contribution in [0.5, 0.6) is 5.75 Å². The number of carbonyl (C=O) groups is 2. The Hall–Kier alpha value is -3.32. The van der Waals surface area contributed by atoms with Crippen LogP contribution in [0.3, 0.4) is 0 Å². The zero-order chi connectivity index (χ0) is 21.1. The minimum Gasteiger partial charge on any atom is -0.488 e. The number of carbonyl (C=O) groups excluding carboxylic acids is 2. The maximum absolute atomic E-state index is 12.5. The number of fused-ring (bicyclic) bond motifs is 1. The van der Waals surface area contributed by atoms with Crippen molar-refractivity contribution in [2.24, 2.45) is 0 Å². The second-order valence-corrected chi connectivity index (χ2v) is 7.52. The van der Waals surface area contributed by atoms with Gasteiger partial charge < -0.3 is 19.5 Å². The summed E-state index contributed by atoms with van der Waals surface area (Å²) in [5, 5.41) is 0.629. The molecule has 0 atom stereocenters. The van der Waals surface area contributed by atoms with Gasteiger partial charge in [0.25, 0.3) is 5.91 Å². The summed E-state index contributed by atoms with van der Waals surface area (Å²) in [6.07, 6.45) is 6.65. The Balaban J connectivity index is 1.34. The summed E-state index contributed by atoms with van der Waals surface area (Å²) < 4.78 is 5.69. The molecule has 154 valence electrons. The standard InChI is InChI=1S/C22H20ClN3O4/c23-18-3-4-19-17(12-18)11-15(14-30-19)1-6-21(28)25-7-9-26(10-8-25)22(29)16-2-5-20(27)24-13-16/h1-6,11-13H,7-10,14H2,(H,24,27). The summed E-state index contributed by atoms with van der Waals surface area (Å²) in [5.41, 5.74) is 1.94. The largest absolute Gasteiger partial charge is 0.488 e. The van der Waals surface area contributed by atoms with Crippen LogP contribution >= 0.6 is 11.6 Å². The molecule has 1 aromatic heterocycles. The van der Waals surface area contributed by atoms with Gasteiger partial charge in [0.15, 0.2) is 0 Å². The number of benzene rings is 1. The van der Waals surface area contributed by atoms with Crippen molar-refractivity contribution in [3.05, 3.63) is 80.8 Å². The van der Waals surface area contributed by atoms with Crippen molar-refractivity contribution in [2.75, 3.05) is 32.8 Å². The van der Waals surface area contributed by atoms with Crippen LogP contribution in [0.1, 0.15) is 15.9 Å². The van der Waals surface area contributed by atoms with Crippen LogP contribution in [0.4, 0.5) is 0 Å². The molecular weight excluding hydrogens is 406 g/mol. The number of nitrogens with zero attached hydrogens (tertiary/aromatic N) is 2. The highest BCUT2D eigenvalue weighted by molar-refractivity contribution is 6.30. The molecule has 8 heteroatoms. The first-order valence-electron chi connectivity index (χ1n) is 9.57. The Morgan fingerprint density at radius 1 is 1.07 bits per heavy atom. The van der Waals surface area contributed by atoms with E-state index in [2.05, 4.69) is 4.98 Å². The van der Waals surface area contributed by atoms with Crippen LogP contribution in [0.2, 0.25) is 5.02 Å². The van der Waals surface area contributed by atoms with Crippen molar-refractivity contribution in [1.29, 1.82) is 0 Å². The van der Waals surface area contributed by atoms with Crippen molar-refractivity contribution in [2.45, 2.75) is 0 Å². The second kappa shape index (κ2) is 8.59. The first-order valence-corrected chi connectivity index (χ1v) is 9.95. The van der Waals surface area contributed by atoms with Crippen molar-refractivity contribution in [3.63, 3.8) is 0 Å². The number of halogens is 1. The van der Waals surface area contributed by atoms with Gasteiger partial charge in [-0.3, -0.25) is 14.4 Å². The minimum atomic E-state index is -0.251. The fourth-order valence-electron chi connectivity index (χ4n) is 3.40. The third-order valence-corrected chi connectivity index (χ3v) is 5.29. The molecule has 4 rings (SSSR count). The maximum Gasteiger partial charge on any atom is 0.255 e. The summed E-state index contributed by atoms with van der Waals surface area (Å²) in [7, 11) is 0. The minimum absolute atomic E-state index is 0.107. The first-order chi connectivity index (χ1) is 14.5. The monoisotopic (exact) mass is 425 g/mol. The number of hydrogen-bond donors (Lipinski definition) is 1. The third kappa shape index (κ3) is 4.46. The lowest BCUT2D eigenvalue weighted by Crippen LogP contribution is -2.50. The summed E-state index contributed by atoms with van der Waals surface area (Å²) >= 11 is 6.03. The summed E-state index contributed by atoms with van der Waals surface area (Å²) in [4.78, 5) is 42.1. The first kappa shape index (κ1) is 20.0. The number of amides is 2. The van der Waals surface area contributed by atoms with Gasteiger partial charge in [-0.25, -0.2) is 0 Å². The van der Waals surface area contributed by atoms with Gasteiger partial charge in [0.1, 0.15) is 12.4 Å². The number of aromatic nitrogens is 1. The molecular formula is C22H20ClN3O4. The van der Waals surface area contributed by atoms with Crippen LogP contribution in [0.15, 0.2) is 59.0 Å². The molecule has 0 spiro atoms. The zero-order valence-corrected chi connectivity index (χ0v) is 16.9. The van der Waals surface area contributed by atoms with Gasteiger partial charge in [0.2, 0.25) is 11.5 Å². The van der Waals surface area contributed by atoms with Crippen molar-refractivity contribution >= 4 is 29.5 Å². The van der Waals surface area contributed by atoms with Crippen LogP contribution in [0.25, 0.3) is 6.08 Å². The van der Waals surface area contributed by atoms with Gasteiger partial charge in [0.05, 0.1) is 5.56 Å². The predicted octanol–water partition coefficient (Wildman–Crippen LogP) is 2.34. The summed E-state index contributed by atoms with van der Waals surface area (Å²) in [6.45, 7) is 2.17. The molecule has 1 N–H and O–H groups in total. The van der Waals surface area contributed by atoms with Crippen LogP contribution < -0.4 is 10.3 Å². The fraction of sp³-hybridized carbons (Fsp3) is 0.227. The Bertz CT molecular complexity index is 1080. The molecule has 1 aromatic carbocycles. The van der Waals surface area contributed by atoms with E-state index < -0.39 is 0 Å². The molecule has 1 saturated heterocycles. The third-order valence-electron chi connectivity index (χ3n) is 5.06. The van der Waals surface area contributed by atoms with E-state index in [1.54, 1.807) is 21.9 Å². The van der Waals surface area contributed by atoms with Gasteiger partial charge in [-0.05, 0) is 35.9 Å². The molecule has 3 heterocycles. The SMILES string of the molecule is O=C(C=CC1=Cc2cc(Cl)ccc2OC1)N1CCN(C(=O)c2ccc(=O)[nH]c2)CC1. The molecule has 2 amide bonds. The highest BCUT2D eigenvalue weighted by atomic mass is 35.5. The molecule has 0 bridgehead atoms. The van der Waals surface area contributed by atoms with E-state index in [0.29, 0.717) is 43.4 Å². The summed E-state index contributed by atoms with van der Waals surface area (Å²) in [6, 6.07) is 8.26. The maximum atomic E-state index is 12.5. The molecule has 2 aliphatic rings. The van der Waals surface area contributed by atoms with Crippen molar-refractivity contribution in [3.8, 4) is 5.75 Å². The number of aromatic amines is 1. The lowest BCUT2D eigenvalue weighted by Gasteiger charge is -2.34. The number of piperazine rings is 1. The van der Waals surface area contributed by atoms with E-state index in [1.807, 2.05) is 18.2 Å². The van der Waals surface area contributed by atoms with Crippen LogP contribution in [0, 0.1) is 0 Å². The normalized spacial score (nSPS) is 16.1. The number of hydrogen-bond acceptors (Lipinski definition) is 4. The van der Waals surface area contributed by atoms with E-state index >= 15 is 0 Å². The van der Waals surface area contributed by atoms with E-state index in [1.165, 1.54) is 24.4 Å². The summed E-state index contributed by atoms with van der Waals surface area (Å²) in [5.74, 6) is 0.505. The molecule has 0 saturated carbocycles. The number of pyridine rings is 1. The average Bonchev–Trinajstić information content (AvgIpc) is 2.77. The van der Waals surface area contributed by atoms with E-state index in [9.17, 15) is 14.4 Å². The van der Waals surface area contributed by atoms with Crippen LogP contribution in [-0.2, 0) is 4.79 Å². The molecule has 2 aromatic rings. The molecule has 2 aliphatic heterocycles. The fourth-order valence-corrected chi connectivity index (χ4v) is 3.58. The Morgan fingerprint density at radius 3 is 2.57 bits per heavy atom. The lowest BCUT2D eigenvalue weighted by molar-refractivity contribution is -0.127. The number of nitrogens with one attached hydrogen (secondary N) is 1. The predicted molar refractivity (Wildman–Crippen MR) is 114 cm³/mol. The Kier molecular flexibility index (Phi) is 5.72. The molecule has 0 radical (unpaired) electrons. The van der Waals surface area contributed by atoms with Crippen molar-refractivity contribution < 1.29 is 14.3 Å². The smallest absolute Gasteiger partial charge is 0.255 e. The molecule has 7 nitrogen and oxygen atoms in total. The Labute approximate surface area is 178 Å². The molecule has 1 fully saturated rings. The van der Waals surface area contributed by atoms with Crippen LogP contribution in [-0.4, -0.2) is 59.4 Å². The number of rotatable bonds is 3. The van der Waals surface area contributed by atoms with Gasteiger partial charge in [-0.1, -0.05) is 17.7 Å². The lowest BCUT2D eigenvalue weighted by atomic mass is 10.1. The van der Waals surface area contributed by atoms with Gasteiger partial charge >= 0.3 is 0 Å². The highest BCUT2D eigenvalue weighted by Gasteiger charge is 2.24. The molecule has 30 heavy (non-hydrogen) atoms. The number of ether oxygens (including phenoxy) is 1. The highest BCUT2D eigenvalue weighted by Crippen LogP contribution is 2.29. The quantitative estimate of drug-likeness (QED) is 0.765. The molecule has 0 aliphatic carbocycles. The number of H-pyrrole nitrogens is 1. The Morgan fingerprint density at radius 2 is 1.83 bits per heavy atom. The van der Waals surface area contributed by atoms with E-state index in [0.717, 1.165) is 16.9 Å². The zero-order valence-electron chi connectivity index (χ0n) is 16.1. The average molecular weight is 426 g/mol. The van der Waals surface area contributed by atoms with Gasteiger partial charge in [-0.15, -0.1) is 0 Å². The molecule has 0 unspecified atom stereocenters. The van der Waals surface area contributed by atoms with Crippen molar-refractivity contribution in [1.82, 2.24) is 14.8 Å². The topological polar surface area (TPSA) is 82.7 Å². The van der Waals surface area contributed by atoms with Gasteiger partial charge in [-0.2, -0.15) is 0 Å². The van der Waals surface area contributed by atoms with E-state index in [-0.39, 0.29) is 17.4 Å². The van der Waals surface area contributed by atoms with E-state index in [4.69, 9.17) is 16.3 Å². The van der Waals surface area contributed by atoms with Gasteiger partial charge in [0, 0.05) is 55.1 Å².